The highest BCUT2D eigenvalue weighted by Gasteiger charge is 2.11. The molecular weight excluding hydrogens is 222 g/mol. The number of aromatic nitrogens is 2. The van der Waals surface area contributed by atoms with Crippen LogP contribution in [-0.4, -0.2) is 9.97 Å². The van der Waals surface area contributed by atoms with Crippen molar-refractivity contribution in [3.05, 3.63) is 46.9 Å². The molecule has 4 heteroatoms. The van der Waals surface area contributed by atoms with Gasteiger partial charge in [-0.05, 0) is 44.0 Å². The lowest BCUT2D eigenvalue weighted by Gasteiger charge is -2.07. The fraction of sp³-hybridized carbons (Fsp3) is 0.231. The summed E-state index contributed by atoms with van der Waals surface area (Å²) in [6.45, 7) is 5.14. The smallest absolute Gasteiger partial charge is 0.167 e. The highest BCUT2D eigenvalue weighted by molar-refractivity contribution is 5.61. The number of hydrogen-bond donors (Lipinski definition) is 0. The van der Waals surface area contributed by atoms with E-state index in [1.807, 2.05) is 0 Å². The second-order valence-electron chi connectivity index (χ2n) is 4.01. The number of nitrogens with zero attached hydrogens (tertiary/aromatic N) is 2. The minimum Gasteiger partial charge on any atom is -0.239 e. The Kier molecular flexibility index (Phi) is 2.88. The van der Waals surface area contributed by atoms with Crippen LogP contribution in [0.2, 0.25) is 0 Å². The Morgan fingerprint density at radius 3 is 2.35 bits per heavy atom. The van der Waals surface area contributed by atoms with Crippen LogP contribution < -0.4 is 0 Å². The summed E-state index contributed by atoms with van der Waals surface area (Å²) in [6, 6.07) is 3.02. The lowest BCUT2D eigenvalue weighted by molar-refractivity contribution is 0.610. The van der Waals surface area contributed by atoms with Gasteiger partial charge in [-0.2, -0.15) is 0 Å². The monoisotopic (exact) mass is 234 g/mol. The molecule has 17 heavy (non-hydrogen) atoms. The Morgan fingerprint density at radius 2 is 1.71 bits per heavy atom. The second kappa shape index (κ2) is 4.20. The lowest BCUT2D eigenvalue weighted by atomic mass is 10.0. The molecule has 0 unspecified atom stereocenters. The molecule has 2 aromatic rings. The van der Waals surface area contributed by atoms with E-state index in [9.17, 15) is 8.78 Å². The van der Waals surface area contributed by atoms with Crippen LogP contribution in [0.4, 0.5) is 8.78 Å². The molecule has 2 rings (SSSR count). The van der Waals surface area contributed by atoms with E-state index in [1.165, 1.54) is 6.07 Å². The van der Waals surface area contributed by atoms with E-state index in [2.05, 4.69) is 9.97 Å². The first kappa shape index (κ1) is 11.6. The molecule has 1 aromatic heterocycles. The molecule has 0 radical (unpaired) electrons. The van der Waals surface area contributed by atoms with E-state index < -0.39 is 5.82 Å². The average molecular weight is 234 g/mol. The summed E-state index contributed by atoms with van der Waals surface area (Å²) in [5.74, 6) is -0.436. The van der Waals surface area contributed by atoms with E-state index in [1.54, 1.807) is 26.8 Å². The van der Waals surface area contributed by atoms with Crippen molar-refractivity contribution in [3.63, 3.8) is 0 Å². The van der Waals surface area contributed by atoms with Gasteiger partial charge in [-0.25, -0.2) is 18.7 Å². The summed E-state index contributed by atoms with van der Waals surface area (Å²) in [4.78, 5) is 7.75. The summed E-state index contributed by atoms with van der Waals surface area (Å²) >= 11 is 0. The largest absolute Gasteiger partial charge is 0.239 e. The lowest BCUT2D eigenvalue weighted by Crippen LogP contribution is -1.97. The van der Waals surface area contributed by atoms with E-state index in [-0.39, 0.29) is 11.5 Å². The molecule has 0 bridgehead atoms. The van der Waals surface area contributed by atoms with Crippen molar-refractivity contribution in [2.75, 3.05) is 0 Å². The SMILES string of the molecule is Cc1ncc(F)c(-c2cc(C)c(C)c(F)c2)n1. The molecule has 88 valence electrons. The van der Waals surface area contributed by atoms with Crippen molar-refractivity contribution < 1.29 is 8.78 Å². The summed E-state index contributed by atoms with van der Waals surface area (Å²) < 4.78 is 27.2. The van der Waals surface area contributed by atoms with Gasteiger partial charge < -0.3 is 0 Å². The van der Waals surface area contributed by atoms with Crippen LogP contribution in [0.25, 0.3) is 11.3 Å². The Morgan fingerprint density at radius 1 is 1.00 bits per heavy atom. The molecular formula is C13H12F2N2. The maximum atomic E-state index is 13.6. The van der Waals surface area contributed by atoms with Gasteiger partial charge in [0, 0.05) is 5.56 Å². The van der Waals surface area contributed by atoms with Gasteiger partial charge in [0.2, 0.25) is 0 Å². The first-order valence-corrected chi connectivity index (χ1v) is 5.25. The normalized spacial score (nSPS) is 10.6. The number of aryl methyl sites for hydroxylation is 2. The minimum atomic E-state index is -0.543. The van der Waals surface area contributed by atoms with E-state index in [0.717, 1.165) is 11.8 Å². The van der Waals surface area contributed by atoms with Crippen LogP contribution in [0.15, 0.2) is 18.3 Å². The minimum absolute atomic E-state index is 0.138. The second-order valence-corrected chi connectivity index (χ2v) is 4.01. The van der Waals surface area contributed by atoms with Gasteiger partial charge in [0.15, 0.2) is 5.82 Å². The quantitative estimate of drug-likeness (QED) is 0.756. The van der Waals surface area contributed by atoms with E-state index >= 15 is 0 Å². The predicted octanol–water partition coefficient (Wildman–Crippen LogP) is 3.35. The van der Waals surface area contributed by atoms with Crippen LogP contribution in [-0.2, 0) is 0 Å². The van der Waals surface area contributed by atoms with Crippen LogP contribution in [0.3, 0.4) is 0 Å². The third-order valence-electron chi connectivity index (χ3n) is 2.74. The van der Waals surface area contributed by atoms with Crippen molar-refractivity contribution in [2.45, 2.75) is 20.8 Å². The van der Waals surface area contributed by atoms with Crippen molar-refractivity contribution in [1.82, 2.24) is 9.97 Å². The fourth-order valence-corrected chi connectivity index (χ4v) is 1.61. The molecule has 0 saturated carbocycles. The van der Waals surface area contributed by atoms with Crippen LogP contribution >= 0.6 is 0 Å². The molecule has 0 aliphatic heterocycles. The van der Waals surface area contributed by atoms with Crippen LogP contribution in [0.5, 0.6) is 0 Å². The van der Waals surface area contributed by atoms with E-state index in [4.69, 9.17) is 0 Å². The van der Waals surface area contributed by atoms with Gasteiger partial charge in [-0.1, -0.05) is 0 Å². The Bertz CT molecular complexity index is 557. The fourth-order valence-electron chi connectivity index (χ4n) is 1.61. The maximum Gasteiger partial charge on any atom is 0.167 e. The standard InChI is InChI=1S/C13H12F2N2/c1-7-4-10(5-11(14)8(7)2)13-12(15)6-16-9(3)17-13/h4-6H,1-3H3. The summed E-state index contributed by atoms with van der Waals surface area (Å²) in [7, 11) is 0. The van der Waals surface area contributed by atoms with Crippen LogP contribution in [0, 0.1) is 32.4 Å². The molecule has 0 saturated heterocycles. The third-order valence-corrected chi connectivity index (χ3v) is 2.74. The average Bonchev–Trinajstić information content (AvgIpc) is 2.28. The van der Waals surface area contributed by atoms with Gasteiger partial charge in [-0.15, -0.1) is 0 Å². The molecule has 0 amide bonds. The Hall–Kier alpha value is -1.84. The zero-order valence-corrected chi connectivity index (χ0v) is 9.88. The summed E-state index contributed by atoms with van der Waals surface area (Å²) in [5, 5.41) is 0. The van der Waals surface area contributed by atoms with Crippen molar-refractivity contribution in [2.24, 2.45) is 0 Å². The molecule has 2 nitrogen and oxygen atoms in total. The van der Waals surface area contributed by atoms with Crippen molar-refractivity contribution >= 4 is 0 Å². The van der Waals surface area contributed by atoms with Gasteiger partial charge in [0.05, 0.1) is 6.20 Å². The topological polar surface area (TPSA) is 25.8 Å². The summed E-state index contributed by atoms with van der Waals surface area (Å²) in [6.07, 6.45) is 1.10. The summed E-state index contributed by atoms with van der Waals surface area (Å²) in [5.41, 5.74) is 1.92. The Labute approximate surface area is 98.4 Å². The molecule has 0 fully saturated rings. The number of benzene rings is 1. The molecule has 0 N–H and O–H groups in total. The molecule has 1 heterocycles. The highest BCUT2D eigenvalue weighted by Crippen LogP contribution is 2.24. The van der Waals surface area contributed by atoms with Crippen LogP contribution in [0.1, 0.15) is 17.0 Å². The molecule has 0 atom stereocenters. The number of hydrogen-bond acceptors (Lipinski definition) is 2. The maximum absolute atomic E-state index is 13.6. The first-order chi connectivity index (χ1) is 7.99. The zero-order valence-electron chi connectivity index (χ0n) is 9.88. The molecule has 1 aromatic carbocycles. The van der Waals surface area contributed by atoms with E-state index in [0.29, 0.717) is 17.0 Å². The Balaban J connectivity index is 2.64. The third kappa shape index (κ3) is 2.16. The highest BCUT2D eigenvalue weighted by atomic mass is 19.1. The number of rotatable bonds is 1. The predicted molar refractivity (Wildman–Crippen MR) is 61.6 cm³/mol. The molecule has 0 spiro atoms. The van der Waals surface area contributed by atoms with Gasteiger partial charge >= 0.3 is 0 Å². The van der Waals surface area contributed by atoms with Gasteiger partial charge in [-0.3, -0.25) is 0 Å². The molecule has 0 aliphatic carbocycles. The van der Waals surface area contributed by atoms with Gasteiger partial charge in [0.25, 0.3) is 0 Å². The van der Waals surface area contributed by atoms with Crippen molar-refractivity contribution in [1.29, 1.82) is 0 Å². The molecule has 0 aliphatic rings. The van der Waals surface area contributed by atoms with Gasteiger partial charge in [0.1, 0.15) is 17.3 Å². The first-order valence-electron chi connectivity index (χ1n) is 5.25. The zero-order chi connectivity index (χ0) is 12.6. The number of halogens is 2. The van der Waals surface area contributed by atoms with Crippen molar-refractivity contribution in [3.8, 4) is 11.3 Å².